The van der Waals surface area contributed by atoms with Crippen molar-refractivity contribution < 1.29 is 13.2 Å². The molecular weight excluding hydrogens is 334 g/mol. The van der Waals surface area contributed by atoms with E-state index in [2.05, 4.69) is 21.7 Å². The van der Waals surface area contributed by atoms with Gasteiger partial charge in [-0.05, 0) is 49.3 Å². The SMILES string of the molecule is CN(C)[C@H](CNC(=O)C1CCN(S(C)(=O)=O)CC1)c1ccsc1. The van der Waals surface area contributed by atoms with Crippen molar-refractivity contribution in [1.29, 1.82) is 0 Å². The summed E-state index contributed by atoms with van der Waals surface area (Å²) in [7, 11) is 0.853. The number of sulfonamides is 1. The van der Waals surface area contributed by atoms with Crippen molar-refractivity contribution >= 4 is 27.3 Å². The molecular formula is C15H25N3O3S2. The van der Waals surface area contributed by atoms with Crippen LogP contribution in [0, 0.1) is 5.92 Å². The fourth-order valence-electron chi connectivity index (χ4n) is 2.85. The summed E-state index contributed by atoms with van der Waals surface area (Å²) in [4.78, 5) is 14.4. The molecule has 1 amide bonds. The van der Waals surface area contributed by atoms with Crippen molar-refractivity contribution in [2.45, 2.75) is 18.9 Å². The Kier molecular flexibility index (Phi) is 6.19. The zero-order valence-electron chi connectivity index (χ0n) is 13.9. The molecule has 2 rings (SSSR count). The summed E-state index contributed by atoms with van der Waals surface area (Å²) >= 11 is 1.65. The van der Waals surface area contributed by atoms with Crippen molar-refractivity contribution in [2.24, 2.45) is 5.92 Å². The quantitative estimate of drug-likeness (QED) is 0.827. The van der Waals surface area contributed by atoms with Gasteiger partial charge in [-0.25, -0.2) is 12.7 Å². The van der Waals surface area contributed by atoms with Crippen LogP contribution >= 0.6 is 11.3 Å². The maximum atomic E-state index is 12.4. The van der Waals surface area contributed by atoms with E-state index in [1.165, 1.54) is 16.1 Å². The van der Waals surface area contributed by atoms with Gasteiger partial charge >= 0.3 is 0 Å². The first-order chi connectivity index (χ1) is 10.8. The van der Waals surface area contributed by atoms with Crippen molar-refractivity contribution in [3.8, 4) is 0 Å². The highest BCUT2D eigenvalue weighted by atomic mass is 32.2. The molecule has 0 spiro atoms. The van der Waals surface area contributed by atoms with Gasteiger partial charge in [0.25, 0.3) is 0 Å². The summed E-state index contributed by atoms with van der Waals surface area (Å²) in [5.74, 6) is -0.0708. The molecule has 1 aliphatic heterocycles. The number of piperidine rings is 1. The molecule has 0 saturated carbocycles. The molecule has 23 heavy (non-hydrogen) atoms. The first kappa shape index (κ1) is 18.4. The number of carbonyl (C=O) groups excluding carboxylic acids is 1. The van der Waals surface area contributed by atoms with E-state index in [0.29, 0.717) is 32.5 Å². The predicted octanol–water partition coefficient (Wildman–Crippen LogP) is 1.14. The molecule has 1 saturated heterocycles. The number of hydrogen-bond acceptors (Lipinski definition) is 5. The Labute approximate surface area is 142 Å². The maximum absolute atomic E-state index is 12.4. The normalized spacial score (nSPS) is 19.0. The Morgan fingerprint density at radius 1 is 1.43 bits per heavy atom. The molecule has 2 heterocycles. The van der Waals surface area contributed by atoms with E-state index in [0.717, 1.165) is 0 Å². The molecule has 8 heteroatoms. The van der Waals surface area contributed by atoms with Crippen LogP contribution in [-0.4, -0.2) is 63.5 Å². The molecule has 1 N–H and O–H groups in total. The van der Waals surface area contributed by atoms with E-state index in [1.54, 1.807) is 11.3 Å². The molecule has 6 nitrogen and oxygen atoms in total. The molecule has 1 aliphatic rings. The molecule has 0 aliphatic carbocycles. The van der Waals surface area contributed by atoms with Gasteiger partial charge < -0.3 is 10.2 Å². The Morgan fingerprint density at radius 2 is 2.09 bits per heavy atom. The predicted molar refractivity (Wildman–Crippen MR) is 92.9 cm³/mol. The molecule has 0 bridgehead atoms. The van der Waals surface area contributed by atoms with Crippen molar-refractivity contribution in [3.05, 3.63) is 22.4 Å². The number of nitrogens with one attached hydrogen (secondary N) is 1. The summed E-state index contributed by atoms with van der Waals surface area (Å²) in [6.07, 6.45) is 2.39. The number of thiophene rings is 1. The van der Waals surface area contributed by atoms with Crippen LogP contribution in [0.3, 0.4) is 0 Å². The van der Waals surface area contributed by atoms with Crippen LogP contribution in [0.4, 0.5) is 0 Å². The second kappa shape index (κ2) is 7.74. The molecule has 0 aromatic carbocycles. The Hall–Kier alpha value is -0.960. The Balaban J connectivity index is 1.85. The minimum atomic E-state index is -3.15. The maximum Gasteiger partial charge on any atom is 0.223 e. The minimum absolute atomic E-state index is 0.0280. The van der Waals surface area contributed by atoms with E-state index in [9.17, 15) is 13.2 Å². The van der Waals surface area contributed by atoms with E-state index in [1.807, 2.05) is 19.5 Å². The average molecular weight is 360 g/mol. The summed E-state index contributed by atoms with van der Waals surface area (Å²) in [6, 6.07) is 2.23. The average Bonchev–Trinajstić information content (AvgIpc) is 3.00. The van der Waals surface area contributed by atoms with Crippen molar-refractivity contribution in [2.75, 3.05) is 40.0 Å². The van der Waals surface area contributed by atoms with Gasteiger partial charge in [0.2, 0.25) is 15.9 Å². The summed E-state index contributed by atoms with van der Waals surface area (Å²) in [5.41, 5.74) is 1.20. The lowest BCUT2D eigenvalue weighted by molar-refractivity contribution is -0.126. The van der Waals surface area contributed by atoms with Crippen LogP contribution in [0.2, 0.25) is 0 Å². The largest absolute Gasteiger partial charge is 0.354 e. The van der Waals surface area contributed by atoms with Gasteiger partial charge in [-0.2, -0.15) is 11.3 Å². The Morgan fingerprint density at radius 3 is 2.57 bits per heavy atom. The van der Waals surface area contributed by atoms with Crippen LogP contribution in [0.15, 0.2) is 16.8 Å². The molecule has 130 valence electrons. The van der Waals surface area contributed by atoms with Crippen molar-refractivity contribution in [1.82, 2.24) is 14.5 Å². The van der Waals surface area contributed by atoms with Gasteiger partial charge in [0.1, 0.15) is 0 Å². The third-order valence-electron chi connectivity index (χ3n) is 4.31. The highest BCUT2D eigenvalue weighted by Crippen LogP contribution is 2.22. The summed E-state index contributed by atoms with van der Waals surface area (Å²) < 4.78 is 24.5. The minimum Gasteiger partial charge on any atom is -0.354 e. The van der Waals surface area contributed by atoms with Gasteiger partial charge in [0.05, 0.1) is 12.3 Å². The fourth-order valence-corrected chi connectivity index (χ4v) is 4.44. The van der Waals surface area contributed by atoms with Gasteiger partial charge in [-0.3, -0.25) is 4.79 Å². The number of rotatable bonds is 6. The molecule has 1 fully saturated rings. The van der Waals surface area contributed by atoms with E-state index < -0.39 is 10.0 Å². The number of likely N-dealkylation sites (N-methyl/N-ethyl adjacent to an activating group) is 1. The number of nitrogens with zero attached hydrogens (tertiary/aromatic N) is 2. The smallest absolute Gasteiger partial charge is 0.223 e. The fraction of sp³-hybridized carbons (Fsp3) is 0.667. The van der Waals surface area contributed by atoms with Crippen LogP contribution in [0.1, 0.15) is 24.4 Å². The third kappa shape index (κ3) is 5.00. The summed E-state index contributed by atoms with van der Waals surface area (Å²) in [5, 5.41) is 7.17. The molecule has 1 atom stereocenters. The lowest BCUT2D eigenvalue weighted by Crippen LogP contribution is -2.44. The highest BCUT2D eigenvalue weighted by molar-refractivity contribution is 7.88. The number of amides is 1. The molecule has 0 radical (unpaired) electrons. The number of hydrogen-bond donors (Lipinski definition) is 1. The number of carbonyl (C=O) groups is 1. The zero-order chi connectivity index (χ0) is 17.0. The van der Waals surface area contributed by atoms with E-state index in [-0.39, 0.29) is 17.9 Å². The lowest BCUT2D eigenvalue weighted by atomic mass is 9.97. The Bertz CT molecular complexity index is 606. The van der Waals surface area contributed by atoms with Crippen LogP contribution in [0.5, 0.6) is 0 Å². The van der Waals surface area contributed by atoms with E-state index in [4.69, 9.17) is 0 Å². The zero-order valence-corrected chi connectivity index (χ0v) is 15.5. The van der Waals surface area contributed by atoms with Crippen LogP contribution in [0.25, 0.3) is 0 Å². The standard InChI is InChI=1S/C15H25N3O3S2/c1-17(2)14(13-6-9-22-11-13)10-16-15(19)12-4-7-18(8-5-12)23(3,20)21/h6,9,11-12,14H,4-5,7-8,10H2,1-3H3,(H,16,19)/t14-/m1/s1. The molecule has 0 unspecified atom stereocenters. The summed E-state index contributed by atoms with van der Waals surface area (Å²) in [6.45, 7) is 1.42. The second-order valence-corrected chi connectivity index (χ2v) is 8.98. The molecule has 1 aromatic heterocycles. The molecule has 1 aromatic rings. The highest BCUT2D eigenvalue weighted by Gasteiger charge is 2.29. The van der Waals surface area contributed by atoms with Gasteiger partial charge in [0, 0.05) is 25.6 Å². The lowest BCUT2D eigenvalue weighted by Gasteiger charge is -2.30. The third-order valence-corrected chi connectivity index (χ3v) is 6.32. The van der Waals surface area contributed by atoms with E-state index >= 15 is 0 Å². The van der Waals surface area contributed by atoms with Crippen LogP contribution < -0.4 is 5.32 Å². The van der Waals surface area contributed by atoms with Gasteiger partial charge in [-0.1, -0.05) is 0 Å². The first-order valence-electron chi connectivity index (χ1n) is 7.70. The first-order valence-corrected chi connectivity index (χ1v) is 10.5. The van der Waals surface area contributed by atoms with Gasteiger partial charge in [0.15, 0.2) is 0 Å². The van der Waals surface area contributed by atoms with Gasteiger partial charge in [-0.15, -0.1) is 0 Å². The second-order valence-electron chi connectivity index (χ2n) is 6.22. The monoisotopic (exact) mass is 359 g/mol. The van der Waals surface area contributed by atoms with Crippen molar-refractivity contribution in [3.63, 3.8) is 0 Å². The van der Waals surface area contributed by atoms with Crippen LogP contribution in [-0.2, 0) is 14.8 Å². The topological polar surface area (TPSA) is 69.7 Å².